The zero-order valence-corrected chi connectivity index (χ0v) is 10.5. The smallest absolute Gasteiger partial charge is 0.167 e. The lowest BCUT2D eigenvalue weighted by molar-refractivity contribution is -0.118. The zero-order valence-electron chi connectivity index (χ0n) is 10.5. The third-order valence-electron chi connectivity index (χ3n) is 2.01. The quantitative estimate of drug-likeness (QED) is 0.710. The van der Waals surface area contributed by atoms with E-state index in [0.29, 0.717) is 12.4 Å². The molecule has 0 aliphatic rings. The molecule has 1 aromatic rings. The fourth-order valence-electron chi connectivity index (χ4n) is 1.12. The van der Waals surface area contributed by atoms with Gasteiger partial charge in [-0.3, -0.25) is 4.79 Å². The van der Waals surface area contributed by atoms with E-state index in [1.54, 1.807) is 12.1 Å². The highest BCUT2D eigenvalue weighted by atomic mass is 16.5. The van der Waals surface area contributed by atoms with Crippen LogP contribution in [0.4, 0.5) is 0 Å². The predicted octanol–water partition coefficient (Wildman–Crippen LogP) is 3.00. The fourth-order valence-corrected chi connectivity index (χ4v) is 1.12. The SMILES string of the molecule is CC(=O)COc1ccc(OCC=C(C)C)cc1. The predicted molar refractivity (Wildman–Crippen MR) is 67.5 cm³/mol. The topological polar surface area (TPSA) is 35.5 Å². The molecular formula is C14H18O3. The van der Waals surface area contributed by atoms with E-state index in [9.17, 15) is 4.79 Å². The van der Waals surface area contributed by atoms with E-state index in [2.05, 4.69) is 0 Å². The second-order valence-corrected chi connectivity index (χ2v) is 4.05. The molecule has 3 nitrogen and oxygen atoms in total. The van der Waals surface area contributed by atoms with Gasteiger partial charge >= 0.3 is 0 Å². The Balaban J connectivity index is 2.44. The number of ketones is 1. The molecule has 0 aromatic heterocycles. The van der Waals surface area contributed by atoms with Gasteiger partial charge in [-0.1, -0.05) is 5.57 Å². The zero-order chi connectivity index (χ0) is 12.7. The molecule has 0 saturated heterocycles. The van der Waals surface area contributed by atoms with Gasteiger partial charge in [0, 0.05) is 0 Å². The minimum atomic E-state index is 0.00823. The van der Waals surface area contributed by atoms with E-state index in [0.717, 1.165) is 5.75 Å². The average Bonchev–Trinajstić information content (AvgIpc) is 2.27. The molecule has 1 rings (SSSR count). The lowest BCUT2D eigenvalue weighted by atomic mass is 10.3. The van der Waals surface area contributed by atoms with Crippen molar-refractivity contribution in [1.29, 1.82) is 0 Å². The van der Waals surface area contributed by atoms with Crippen LogP contribution in [-0.2, 0) is 4.79 Å². The van der Waals surface area contributed by atoms with Gasteiger partial charge in [-0.05, 0) is 51.1 Å². The molecule has 0 aliphatic carbocycles. The van der Waals surface area contributed by atoms with Crippen molar-refractivity contribution in [2.24, 2.45) is 0 Å². The van der Waals surface area contributed by atoms with Gasteiger partial charge in [-0.25, -0.2) is 0 Å². The van der Waals surface area contributed by atoms with Crippen LogP contribution in [0.5, 0.6) is 11.5 Å². The van der Waals surface area contributed by atoms with Gasteiger partial charge in [0.15, 0.2) is 5.78 Å². The molecule has 0 aliphatic heterocycles. The molecule has 0 unspecified atom stereocenters. The number of benzene rings is 1. The third kappa shape index (κ3) is 5.76. The standard InChI is InChI=1S/C14H18O3/c1-11(2)8-9-16-13-4-6-14(7-5-13)17-10-12(3)15/h4-8H,9-10H2,1-3H3. The molecule has 0 heterocycles. The van der Waals surface area contributed by atoms with Crippen LogP contribution in [0.15, 0.2) is 35.9 Å². The van der Waals surface area contributed by atoms with E-state index in [4.69, 9.17) is 9.47 Å². The van der Waals surface area contributed by atoms with Crippen molar-refractivity contribution in [3.63, 3.8) is 0 Å². The monoisotopic (exact) mass is 234 g/mol. The van der Waals surface area contributed by atoms with Gasteiger partial charge < -0.3 is 9.47 Å². The number of carbonyl (C=O) groups excluding carboxylic acids is 1. The average molecular weight is 234 g/mol. The maximum absolute atomic E-state index is 10.7. The van der Waals surface area contributed by atoms with Crippen LogP contribution in [0.2, 0.25) is 0 Å². The second-order valence-electron chi connectivity index (χ2n) is 4.05. The first kappa shape index (κ1) is 13.3. The van der Waals surface area contributed by atoms with Crippen LogP contribution in [0.1, 0.15) is 20.8 Å². The van der Waals surface area contributed by atoms with E-state index < -0.39 is 0 Å². The highest BCUT2D eigenvalue weighted by Crippen LogP contribution is 2.17. The Morgan fingerprint density at radius 1 is 1.06 bits per heavy atom. The molecule has 0 radical (unpaired) electrons. The molecule has 0 bridgehead atoms. The third-order valence-corrected chi connectivity index (χ3v) is 2.01. The molecule has 1 aromatic carbocycles. The summed E-state index contributed by atoms with van der Waals surface area (Å²) in [6, 6.07) is 7.24. The van der Waals surface area contributed by atoms with Crippen molar-refractivity contribution in [3.8, 4) is 11.5 Å². The molecule has 0 fully saturated rings. The highest BCUT2D eigenvalue weighted by molar-refractivity contribution is 5.77. The van der Waals surface area contributed by atoms with Crippen molar-refractivity contribution >= 4 is 5.78 Å². The maximum Gasteiger partial charge on any atom is 0.167 e. The van der Waals surface area contributed by atoms with Crippen LogP contribution in [0.25, 0.3) is 0 Å². The Morgan fingerprint density at radius 3 is 2.06 bits per heavy atom. The molecule has 0 atom stereocenters. The lowest BCUT2D eigenvalue weighted by Crippen LogP contribution is -2.06. The summed E-state index contributed by atoms with van der Waals surface area (Å²) in [4.78, 5) is 10.7. The van der Waals surface area contributed by atoms with E-state index in [-0.39, 0.29) is 12.4 Å². The molecule has 92 valence electrons. The Bertz CT molecular complexity index is 386. The first-order valence-electron chi connectivity index (χ1n) is 5.56. The number of allylic oxidation sites excluding steroid dienone is 1. The first-order valence-corrected chi connectivity index (χ1v) is 5.56. The Hall–Kier alpha value is -1.77. The van der Waals surface area contributed by atoms with Crippen molar-refractivity contribution in [1.82, 2.24) is 0 Å². The molecule has 3 heteroatoms. The van der Waals surface area contributed by atoms with Gasteiger partial charge in [0.2, 0.25) is 0 Å². The Labute approximate surface area is 102 Å². The summed E-state index contributed by atoms with van der Waals surface area (Å²) in [5.74, 6) is 1.47. The first-order chi connectivity index (χ1) is 8.08. The van der Waals surface area contributed by atoms with E-state index in [1.165, 1.54) is 12.5 Å². The number of carbonyl (C=O) groups is 1. The van der Waals surface area contributed by atoms with Gasteiger partial charge in [0.25, 0.3) is 0 Å². The minimum Gasteiger partial charge on any atom is -0.490 e. The van der Waals surface area contributed by atoms with Crippen molar-refractivity contribution in [2.75, 3.05) is 13.2 Å². The Kier molecular flexibility index (Phi) is 5.27. The molecular weight excluding hydrogens is 216 g/mol. The Morgan fingerprint density at radius 2 is 1.59 bits per heavy atom. The van der Waals surface area contributed by atoms with Gasteiger partial charge in [0.05, 0.1) is 0 Å². The summed E-state index contributed by atoms with van der Waals surface area (Å²) in [6.07, 6.45) is 2.01. The number of hydrogen-bond acceptors (Lipinski definition) is 3. The number of ether oxygens (including phenoxy) is 2. The molecule has 0 saturated carbocycles. The van der Waals surface area contributed by atoms with Crippen molar-refractivity contribution in [3.05, 3.63) is 35.9 Å². The van der Waals surface area contributed by atoms with Crippen LogP contribution in [0, 0.1) is 0 Å². The minimum absolute atomic E-state index is 0.00823. The summed E-state index contributed by atoms with van der Waals surface area (Å²) in [5.41, 5.74) is 1.23. The molecule has 17 heavy (non-hydrogen) atoms. The van der Waals surface area contributed by atoms with Crippen LogP contribution >= 0.6 is 0 Å². The summed E-state index contributed by atoms with van der Waals surface area (Å²) in [6.45, 7) is 6.23. The van der Waals surface area contributed by atoms with E-state index in [1.807, 2.05) is 32.1 Å². The van der Waals surface area contributed by atoms with Crippen LogP contribution < -0.4 is 9.47 Å². The van der Waals surface area contributed by atoms with Gasteiger partial charge in [-0.2, -0.15) is 0 Å². The van der Waals surface area contributed by atoms with Gasteiger partial charge in [0.1, 0.15) is 24.7 Å². The molecule has 0 spiro atoms. The largest absolute Gasteiger partial charge is 0.490 e. The molecule has 0 N–H and O–H groups in total. The number of rotatable bonds is 6. The number of Topliss-reactive ketones (excluding diaryl/α,β-unsaturated/α-hetero) is 1. The van der Waals surface area contributed by atoms with E-state index >= 15 is 0 Å². The second kappa shape index (κ2) is 6.74. The number of hydrogen-bond donors (Lipinski definition) is 0. The lowest BCUT2D eigenvalue weighted by Gasteiger charge is -2.06. The summed E-state index contributed by atoms with van der Waals surface area (Å²) in [7, 11) is 0. The maximum atomic E-state index is 10.7. The highest BCUT2D eigenvalue weighted by Gasteiger charge is 1.97. The normalized spacial score (nSPS) is 9.59. The van der Waals surface area contributed by atoms with Gasteiger partial charge in [-0.15, -0.1) is 0 Å². The molecule has 0 amide bonds. The van der Waals surface area contributed by atoms with Crippen molar-refractivity contribution in [2.45, 2.75) is 20.8 Å². The fraction of sp³-hybridized carbons (Fsp3) is 0.357. The van der Waals surface area contributed by atoms with Crippen molar-refractivity contribution < 1.29 is 14.3 Å². The van der Waals surface area contributed by atoms with Crippen LogP contribution in [0.3, 0.4) is 0 Å². The summed E-state index contributed by atoms with van der Waals surface area (Å²) >= 11 is 0. The summed E-state index contributed by atoms with van der Waals surface area (Å²) in [5, 5.41) is 0. The van der Waals surface area contributed by atoms with Crippen LogP contribution in [-0.4, -0.2) is 19.0 Å². The summed E-state index contributed by atoms with van der Waals surface area (Å²) < 4.78 is 10.7.